The highest BCUT2D eigenvalue weighted by molar-refractivity contribution is 5.94. The third-order valence-electron chi connectivity index (χ3n) is 4.86. The molecule has 0 aromatic heterocycles. The Kier molecular flexibility index (Phi) is 6.04. The smallest absolute Gasteiger partial charge is 0.378 e. The summed E-state index contributed by atoms with van der Waals surface area (Å²) < 4.78 is 41.8. The summed E-state index contributed by atoms with van der Waals surface area (Å²) in [5.41, 5.74) is 2.66. The lowest BCUT2D eigenvalue weighted by Gasteiger charge is -2.32. The van der Waals surface area contributed by atoms with Crippen molar-refractivity contribution in [1.29, 1.82) is 0 Å². The second-order valence-electron chi connectivity index (χ2n) is 6.98. The Labute approximate surface area is 156 Å². The molecule has 0 radical (unpaired) electrons. The van der Waals surface area contributed by atoms with Gasteiger partial charge in [0.25, 0.3) is 5.91 Å². The molecule has 0 N–H and O–H groups in total. The number of hydrogen-bond acceptors (Lipinski definition) is 4. The minimum atomic E-state index is -4.19. The number of ether oxygens (including phenoxy) is 1. The van der Waals surface area contributed by atoms with Crippen molar-refractivity contribution in [3.05, 3.63) is 29.8 Å². The summed E-state index contributed by atoms with van der Waals surface area (Å²) in [6.45, 7) is 3.51. The minimum absolute atomic E-state index is 0.0589. The standard InChI is InChI=1S/C19H24F3N3O2/c1-14-6-12-25(23-14)16-4-2-15(3-5-16)18(26)24-10-7-17(8-11-24)27-13-9-19(20,21)22/h2-5,17H,6-13H2,1H3. The number of hydrazone groups is 1. The van der Waals surface area contributed by atoms with Crippen LogP contribution < -0.4 is 5.01 Å². The fourth-order valence-electron chi connectivity index (χ4n) is 3.29. The molecule has 1 saturated heterocycles. The number of likely N-dealkylation sites (tertiary alicyclic amines) is 1. The predicted molar refractivity (Wildman–Crippen MR) is 97.1 cm³/mol. The first kappa shape index (κ1) is 19.7. The second-order valence-corrected chi connectivity index (χ2v) is 6.98. The molecule has 1 fully saturated rings. The van der Waals surface area contributed by atoms with Crippen LogP contribution in [0.3, 0.4) is 0 Å². The SMILES string of the molecule is CC1=NN(c2ccc(C(=O)N3CCC(OCCC(F)(F)F)CC3)cc2)CC1. The summed E-state index contributed by atoms with van der Waals surface area (Å²) in [4.78, 5) is 14.4. The third kappa shape index (κ3) is 5.45. The van der Waals surface area contributed by atoms with Crippen molar-refractivity contribution >= 4 is 17.3 Å². The maximum absolute atomic E-state index is 12.6. The molecule has 0 bridgehead atoms. The maximum atomic E-state index is 12.6. The van der Waals surface area contributed by atoms with Crippen LogP contribution in [0.15, 0.2) is 29.4 Å². The van der Waals surface area contributed by atoms with Gasteiger partial charge in [-0.1, -0.05) is 0 Å². The van der Waals surface area contributed by atoms with Crippen LogP contribution >= 0.6 is 0 Å². The van der Waals surface area contributed by atoms with Gasteiger partial charge in [0, 0.05) is 37.3 Å². The van der Waals surface area contributed by atoms with Crippen LogP contribution in [0.2, 0.25) is 0 Å². The van der Waals surface area contributed by atoms with E-state index in [0.717, 1.165) is 24.4 Å². The van der Waals surface area contributed by atoms with Gasteiger partial charge in [0.05, 0.1) is 24.8 Å². The minimum Gasteiger partial charge on any atom is -0.378 e. The van der Waals surface area contributed by atoms with Crippen molar-refractivity contribution in [2.45, 2.75) is 44.9 Å². The van der Waals surface area contributed by atoms with Gasteiger partial charge in [-0.25, -0.2) is 0 Å². The van der Waals surface area contributed by atoms with E-state index in [-0.39, 0.29) is 18.6 Å². The topological polar surface area (TPSA) is 45.1 Å². The Morgan fingerprint density at radius 3 is 2.41 bits per heavy atom. The van der Waals surface area contributed by atoms with E-state index in [1.165, 1.54) is 0 Å². The molecular formula is C19H24F3N3O2. The second kappa shape index (κ2) is 8.29. The highest BCUT2D eigenvalue weighted by atomic mass is 19.4. The first-order valence-electron chi connectivity index (χ1n) is 9.21. The van der Waals surface area contributed by atoms with Gasteiger partial charge in [0.1, 0.15) is 0 Å². The Hall–Kier alpha value is -2.09. The van der Waals surface area contributed by atoms with Gasteiger partial charge in [-0.05, 0) is 44.0 Å². The van der Waals surface area contributed by atoms with Crippen molar-refractivity contribution in [3.8, 4) is 0 Å². The fraction of sp³-hybridized carbons (Fsp3) is 0.579. The number of halogens is 3. The number of hydrogen-bond donors (Lipinski definition) is 0. The van der Waals surface area contributed by atoms with E-state index < -0.39 is 12.6 Å². The molecule has 1 amide bonds. The predicted octanol–water partition coefficient (Wildman–Crippen LogP) is 3.85. The van der Waals surface area contributed by atoms with Crippen LogP contribution in [0.4, 0.5) is 18.9 Å². The molecule has 3 rings (SSSR count). The van der Waals surface area contributed by atoms with E-state index in [0.29, 0.717) is 31.5 Å². The van der Waals surface area contributed by atoms with E-state index in [9.17, 15) is 18.0 Å². The highest BCUT2D eigenvalue weighted by Crippen LogP contribution is 2.23. The number of nitrogens with zero attached hydrogens (tertiary/aromatic N) is 3. The van der Waals surface area contributed by atoms with Gasteiger partial charge < -0.3 is 9.64 Å². The average Bonchev–Trinajstić information content (AvgIpc) is 3.07. The van der Waals surface area contributed by atoms with Crippen molar-refractivity contribution < 1.29 is 22.7 Å². The zero-order valence-corrected chi connectivity index (χ0v) is 15.3. The van der Waals surface area contributed by atoms with E-state index >= 15 is 0 Å². The number of benzene rings is 1. The van der Waals surface area contributed by atoms with Crippen molar-refractivity contribution in [2.75, 3.05) is 31.3 Å². The zero-order chi connectivity index (χ0) is 19.4. The molecule has 0 aliphatic carbocycles. The Bertz CT molecular complexity index is 680. The monoisotopic (exact) mass is 383 g/mol. The summed E-state index contributed by atoms with van der Waals surface area (Å²) in [6.07, 6.45) is -3.27. The van der Waals surface area contributed by atoms with E-state index in [1.54, 1.807) is 17.0 Å². The summed E-state index contributed by atoms with van der Waals surface area (Å²) in [5, 5.41) is 6.37. The largest absolute Gasteiger partial charge is 0.391 e. The highest BCUT2D eigenvalue weighted by Gasteiger charge is 2.29. The summed E-state index contributed by atoms with van der Waals surface area (Å²) in [6, 6.07) is 7.38. The Balaban J connectivity index is 1.48. The first-order chi connectivity index (χ1) is 12.8. The van der Waals surface area contributed by atoms with Gasteiger partial charge in [0.15, 0.2) is 0 Å². The number of carbonyl (C=O) groups is 1. The molecule has 0 saturated carbocycles. The molecule has 1 aromatic rings. The van der Waals surface area contributed by atoms with Crippen LogP contribution in [0, 0.1) is 0 Å². The quantitative estimate of drug-likeness (QED) is 0.776. The molecule has 27 heavy (non-hydrogen) atoms. The van der Waals surface area contributed by atoms with Crippen LogP contribution in [0.1, 0.15) is 43.0 Å². The molecule has 2 heterocycles. The van der Waals surface area contributed by atoms with Crippen LogP contribution in [0.25, 0.3) is 0 Å². The summed E-state index contributed by atoms with van der Waals surface area (Å²) in [7, 11) is 0. The number of alkyl halides is 3. The molecule has 0 spiro atoms. The van der Waals surface area contributed by atoms with Crippen molar-refractivity contribution in [1.82, 2.24) is 4.90 Å². The molecule has 2 aliphatic heterocycles. The lowest BCUT2D eigenvalue weighted by Crippen LogP contribution is -2.41. The van der Waals surface area contributed by atoms with Crippen LogP contribution in [0.5, 0.6) is 0 Å². The normalized spacial score (nSPS) is 18.7. The van der Waals surface area contributed by atoms with E-state index in [2.05, 4.69) is 5.10 Å². The number of rotatable bonds is 5. The maximum Gasteiger partial charge on any atom is 0.391 e. The Morgan fingerprint density at radius 2 is 1.85 bits per heavy atom. The summed E-state index contributed by atoms with van der Waals surface area (Å²) in [5.74, 6) is -0.0589. The molecular weight excluding hydrogens is 359 g/mol. The number of carbonyl (C=O) groups excluding carboxylic acids is 1. The third-order valence-corrected chi connectivity index (χ3v) is 4.86. The number of amides is 1. The van der Waals surface area contributed by atoms with Gasteiger partial charge in [-0.2, -0.15) is 18.3 Å². The van der Waals surface area contributed by atoms with Crippen LogP contribution in [-0.2, 0) is 4.74 Å². The fourth-order valence-corrected chi connectivity index (χ4v) is 3.29. The van der Waals surface area contributed by atoms with Gasteiger partial charge in [-0.3, -0.25) is 9.80 Å². The van der Waals surface area contributed by atoms with Gasteiger partial charge in [0.2, 0.25) is 0 Å². The molecule has 5 nitrogen and oxygen atoms in total. The van der Waals surface area contributed by atoms with Gasteiger partial charge >= 0.3 is 6.18 Å². The van der Waals surface area contributed by atoms with Crippen LogP contribution in [-0.4, -0.2) is 55.0 Å². The summed E-state index contributed by atoms with van der Waals surface area (Å²) >= 11 is 0. The molecule has 8 heteroatoms. The molecule has 0 unspecified atom stereocenters. The van der Waals surface area contributed by atoms with E-state index in [1.807, 2.05) is 24.1 Å². The molecule has 0 atom stereocenters. The van der Waals surface area contributed by atoms with E-state index in [4.69, 9.17) is 4.74 Å². The molecule has 148 valence electrons. The average molecular weight is 383 g/mol. The molecule has 1 aromatic carbocycles. The number of anilines is 1. The van der Waals surface area contributed by atoms with Crippen molar-refractivity contribution in [2.24, 2.45) is 5.10 Å². The zero-order valence-electron chi connectivity index (χ0n) is 15.3. The molecule has 2 aliphatic rings. The lowest BCUT2D eigenvalue weighted by molar-refractivity contribution is -0.150. The Morgan fingerprint density at radius 1 is 1.19 bits per heavy atom. The number of piperidine rings is 1. The first-order valence-corrected chi connectivity index (χ1v) is 9.21. The lowest BCUT2D eigenvalue weighted by atomic mass is 10.1. The van der Waals surface area contributed by atoms with Crippen molar-refractivity contribution in [3.63, 3.8) is 0 Å². The van der Waals surface area contributed by atoms with Gasteiger partial charge in [-0.15, -0.1) is 0 Å².